The third-order valence-electron chi connectivity index (χ3n) is 4.10. The van der Waals surface area contributed by atoms with Gasteiger partial charge in [0.05, 0.1) is 24.3 Å². The lowest BCUT2D eigenvalue weighted by Gasteiger charge is -2.05. The monoisotopic (exact) mass is 400 g/mol. The molecule has 0 atom stereocenters. The molecule has 1 heterocycles. The molecule has 146 valence electrons. The van der Waals surface area contributed by atoms with Gasteiger partial charge in [-0.05, 0) is 36.4 Å². The Morgan fingerprint density at radius 3 is 2.50 bits per heavy atom. The number of methoxy groups -OCH3 is 1. The fourth-order valence-electron chi connectivity index (χ4n) is 2.54. The van der Waals surface area contributed by atoms with Gasteiger partial charge >= 0.3 is 0 Å². The summed E-state index contributed by atoms with van der Waals surface area (Å²) in [5.74, 6) is 0.687. The van der Waals surface area contributed by atoms with Gasteiger partial charge in [-0.15, -0.1) is 0 Å². The standard InChI is InChI=1S/C20H20N2O5S/c1-26-17-9-7-15(8-10-17)19-13-16(22-27-19)14-21-20(23)11-12-28(24,25)18-5-3-2-4-6-18/h2-10,13H,11-12,14H2,1H3,(H,21,23). The van der Waals surface area contributed by atoms with Crippen molar-refractivity contribution in [2.75, 3.05) is 12.9 Å². The van der Waals surface area contributed by atoms with Crippen molar-refractivity contribution in [3.8, 4) is 17.1 Å². The second kappa shape index (κ2) is 8.71. The summed E-state index contributed by atoms with van der Waals surface area (Å²) in [4.78, 5) is 12.2. The molecule has 0 aliphatic carbocycles. The zero-order chi connectivity index (χ0) is 20.0. The van der Waals surface area contributed by atoms with E-state index in [1.807, 2.05) is 24.3 Å². The molecule has 0 radical (unpaired) electrons. The van der Waals surface area contributed by atoms with Gasteiger partial charge in [-0.1, -0.05) is 23.4 Å². The smallest absolute Gasteiger partial charge is 0.221 e. The van der Waals surface area contributed by atoms with Crippen LogP contribution in [-0.2, 0) is 21.2 Å². The average molecular weight is 400 g/mol. The summed E-state index contributed by atoms with van der Waals surface area (Å²) in [5.41, 5.74) is 1.38. The van der Waals surface area contributed by atoms with Gasteiger partial charge in [0.25, 0.3) is 0 Å². The number of carbonyl (C=O) groups is 1. The van der Waals surface area contributed by atoms with Gasteiger partial charge in [0.15, 0.2) is 15.6 Å². The van der Waals surface area contributed by atoms with E-state index in [1.165, 1.54) is 12.1 Å². The van der Waals surface area contributed by atoms with Gasteiger partial charge in [0.2, 0.25) is 5.91 Å². The third kappa shape index (κ3) is 4.98. The van der Waals surface area contributed by atoms with Gasteiger partial charge < -0.3 is 14.6 Å². The van der Waals surface area contributed by atoms with Crippen LogP contribution in [0.15, 0.2) is 70.1 Å². The van der Waals surface area contributed by atoms with Crippen molar-refractivity contribution >= 4 is 15.7 Å². The molecule has 0 aliphatic rings. The van der Waals surface area contributed by atoms with Gasteiger partial charge in [-0.2, -0.15) is 0 Å². The Balaban J connectivity index is 1.51. The highest BCUT2D eigenvalue weighted by Gasteiger charge is 2.16. The number of sulfone groups is 1. The van der Waals surface area contributed by atoms with Crippen LogP contribution < -0.4 is 10.1 Å². The van der Waals surface area contributed by atoms with Crippen molar-refractivity contribution in [3.63, 3.8) is 0 Å². The second-order valence-electron chi connectivity index (χ2n) is 6.07. The minimum atomic E-state index is -3.48. The van der Waals surface area contributed by atoms with Crippen LogP contribution in [0.4, 0.5) is 0 Å². The molecule has 1 aromatic heterocycles. The van der Waals surface area contributed by atoms with Crippen molar-refractivity contribution in [1.29, 1.82) is 0 Å². The molecule has 0 fully saturated rings. The summed E-state index contributed by atoms with van der Waals surface area (Å²) in [5, 5.41) is 6.58. The van der Waals surface area contributed by atoms with E-state index in [2.05, 4.69) is 10.5 Å². The number of hydrogen-bond donors (Lipinski definition) is 1. The highest BCUT2D eigenvalue weighted by atomic mass is 32.2. The maximum absolute atomic E-state index is 12.2. The third-order valence-corrected chi connectivity index (χ3v) is 5.83. The van der Waals surface area contributed by atoms with Crippen LogP contribution in [0.3, 0.4) is 0 Å². The fraction of sp³-hybridized carbons (Fsp3) is 0.200. The number of amides is 1. The van der Waals surface area contributed by atoms with E-state index in [0.717, 1.165) is 11.3 Å². The second-order valence-corrected chi connectivity index (χ2v) is 8.18. The summed E-state index contributed by atoms with van der Waals surface area (Å²) in [6.45, 7) is 0.157. The first-order valence-electron chi connectivity index (χ1n) is 8.62. The summed E-state index contributed by atoms with van der Waals surface area (Å²) in [7, 11) is -1.89. The summed E-state index contributed by atoms with van der Waals surface area (Å²) in [6, 6.07) is 17.1. The Hall–Kier alpha value is -3.13. The molecule has 7 nitrogen and oxygen atoms in total. The Kier molecular flexibility index (Phi) is 6.10. The lowest BCUT2D eigenvalue weighted by molar-refractivity contribution is -0.120. The first-order valence-corrected chi connectivity index (χ1v) is 10.3. The largest absolute Gasteiger partial charge is 0.497 e. The van der Waals surface area contributed by atoms with E-state index in [-0.39, 0.29) is 29.5 Å². The SMILES string of the molecule is COc1ccc(-c2cc(CNC(=O)CCS(=O)(=O)c3ccccc3)no2)cc1. The number of hydrogen-bond acceptors (Lipinski definition) is 6. The molecule has 0 bridgehead atoms. The fourth-order valence-corrected chi connectivity index (χ4v) is 3.80. The van der Waals surface area contributed by atoms with Crippen molar-refractivity contribution in [1.82, 2.24) is 10.5 Å². The Labute approximate surface area is 163 Å². The normalized spacial score (nSPS) is 11.2. The average Bonchev–Trinajstić information content (AvgIpc) is 3.20. The molecule has 0 unspecified atom stereocenters. The lowest BCUT2D eigenvalue weighted by atomic mass is 10.1. The Morgan fingerprint density at radius 2 is 1.82 bits per heavy atom. The van der Waals surface area contributed by atoms with E-state index >= 15 is 0 Å². The van der Waals surface area contributed by atoms with Gasteiger partial charge in [-0.3, -0.25) is 4.79 Å². The minimum Gasteiger partial charge on any atom is -0.497 e. The molecule has 0 spiro atoms. The molecule has 8 heteroatoms. The zero-order valence-electron chi connectivity index (χ0n) is 15.3. The molecule has 3 aromatic rings. The van der Waals surface area contributed by atoms with Crippen LogP contribution >= 0.6 is 0 Å². The summed E-state index contributed by atoms with van der Waals surface area (Å²) in [6.07, 6.45) is -0.125. The van der Waals surface area contributed by atoms with E-state index in [9.17, 15) is 13.2 Å². The molecular weight excluding hydrogens is 380 g/mol. The number of carbonyl (C=O) groups excluding carboxylic acids is 1. The number of nitrogens with zero attached hydrogens (tertiary/aromatic N) is 1. The maximum Gasteiger partial charge on any atom is 0.221 e. The molecule has 3 rings (SSSR count). The van der Waals surface area contributed by atoms with Gasteiger partial charge in [0.1, 0.15) is 11.4 Å². The highest BCUT2D eigenvalue weighted by Crippen LogP contribution is 2.23. The predicted octanol–water partition coefficient (Wildman–Crippen LogP) is 2.83. The van der Waals surface area contributed by atoms with Crippen LogP contribution in [0.1, 0.15) is 12.1 Å². The van der Waals surface area contributed by atoms with Gasteiger partial charge in [0, 0.05) is 18.1 Å². The summed E-state index contributed by atoms with van der Waals surface area (Å²) >= 11 is 0. The molecule has 0 saturated carbocycles. The van der Waals surface area contributed by atoms with Crippen LogP contribution in [0.25, 0.3) is 11.3 Å². The minimum absolute atomic E-state index is 0.125. The Morgan fingerprint density at radius 1 is 1.11 bits per heavy atom. The van der Waals surface area contributed by atoms with E-state index in [1.54, 1.807) is 31.4 Å². The van der Waals surface area contributed by atoms with Crippen molar-refractivity contribution in [2.24, 2.45) is 0 Å². The van der Waals surface area contributed by atoms with Crippen LogP contribution in [0.2, 0.25) is 0 Å². The lowest BCUT2D eigenvalue weighted by Crippen LogP contribution is -2.25. The van der Waals surface area contributed by atoms with Crippen LogP contribution in [0.5, 0.6) is 5.75 Å². The van der Waals surface area contributed by atoms with Crippen LogP contribution in [0, 0.1) is 0 Å². The van der Waals surface area contributed by atoms with E-state index in [0.29, 0.717) is 11.5 Å². The first kappa shape index (κ1) is 19.6. The number of benzene rings is 2. The number of aromatic nitrogens is 1. The highest BCUT2D eigenvalue weighted by molar-refractivity contribution is 7.91. The van der Waals surface area contributed by atoms with Gasteiger partial charge in [-0.25, -0.2) is 8.42 Å². The zero-order valence-corrected chi connectivity index (χ0v) is 16.1. The van der Waals surface area contributed by atoms with Crippen LogP contribution in [-0.4, -0.2) is 32.3 Å². The number of rotatable bonds is 8. The predicted molar refractivity (Wildman–Crippen MR) is 103 cm³/mol. The van der Waals surface area contributed by atoms with E-state index in [4.69, 9.17) is 9.26 Å². The van der Waals surface area contributed by atoms with Crippen molar-refractivity contribution < 1.29 is 22.5 Å². The first-order chi connectivity index (χ1) is 13.5. The molecule has 2 aromatic carbocycles. The quantitative estimate of drug-likeness (QED) is 0.624. The summed E-state index contributed by atoms with van der Waals surface area (Å²) < 4.78 is 34.8. The number of ether oxygens (including phenoxy) is 1. The maximum atomic E-state index is 12.2. The molecule has 0 aliphatic heterocycles. The molecule has 28 heavy (non-hydrogen) atoms. The molecule has 1 amide bonds. The molecule has 1 N–H and O–H groups in total. The topological polar surface area (TPSA) is 98.5 Å². The molecular formula is C20H20N2O5S. The number of nitrogens with one attached hydrogen (secondary N) is 1. The van der Waals surface area contributed by atoms with E-state index < -0.39 is 9.84 Å². The van der Waals surface area contributed by atoms with Crippen molar-refractivity contribution in [3.05, 3.63) is 66.4 Å². The van der Waals surface area contributed by atoms with Crippen molar-refractivity contribution in [2.45, 2.75) is 17.9 Å². The Bertz CT molecular complexity index is 1030. The molecule has 0 saturated heterocycles.